The Balaban J connectivity index is 2.37. The molecule has 0 unspecified atom stereocenters. The Morgan fingerprint density at radius 2 is 1.94 bits per heavy atom. The number of carbonyl (C=O) groups is 1. The van der Waals surface area contributed by atoms with Gasteiger partial charge in [-0.2, -0.15) is 11.8 Å². The number of carbonyl (C=O) groups excluding carboxylic acids is 1. The molecule has 0 aromatic heterocycles. The zero-order valence-corrected chi connectivity index (χ0v) is 12.5. The van der Waals surface area contributed by atoms with Gasteiger partial charge >= 0.3 is 6.09 Å². The Labute approximate surface area is 114 Å². The van der Waals surface area contributed by atoms with Crippen LogP contribution < -0.4 is 11.1 Å². The standard InChI is InChI=1S/C13H26N2O2S/c1-13(2,3)17-12(16)15-9-11-5-7-18-6-4-10(11)8-14/h10-11H,4-9,14H2,1-3H3,(H,15,16)/t10-,11-/m0/s1. The second-order valence-corrected chi connectivity index (χ2v) is 7.05. The lowest BCUT2D eigenvalue weighted by Gasteiger charge is -2.25. The van der Waals surface area contributed by atoms with Crippen LogP contribution in [-0.2, 0) is 4.74 Å². The molecule has 18 heavy (non-hydrogen) atoms. The van der Waals surface area contributed by atoms with E-state index in [1.165, 1.54) is 5.75 Å². The molecule has 1 aliphatic rings. The third-order valence-electron chi connectivity index (χ3n) is 3.14. The van der Waals surface area contributed by atoms with Crippen LogP contribution in [-0.4, -0.2) is 36.3 Å². The van der Waals surface area contributed by atoms with E-state index in [0.29, 0.717) is 24.9 Å². The molecule has 0 saturated carbocycles. The quantitative estimate of drug-likeness (QED) is 0.828. The zero-order valence-electron chi connectivity index (χ0n) is 11.7. The van der Waals surface area contributed by atoms with Crippen LogP contribution in [0.3, 0.4) is 0 Å². The van der Waals surface area contributed by atoms with E-state index >= 15 is 0 Å². The van der Waals surface area contributed by atoms with E-state index in [1.54, 1.807) is 0 Å². The summed E-state index contributed by atoms with van der Waals surface area (Å²) in [6, 6.07) is 0. The summed E-state index contributed by atoms with van der Waals surface area (Å²) in [6.07, 6.45) is 1.96. The monoisotopic (exact) mass is 274 g/mol. The molecule has 0 aromatic rings. The fourth-order valence-electron chi connectivity index (χ4n) is 2.15. The number of nitrogens with one attached hydrogen (secondary N) is 1. The molecule has 5 heteroatoms. The first-order valence-electron chi connectivity index (χ1n) is 6.67. The summed E-state index contributed by atoms with van der Waals surface area (Å²) in [5, 5.41) is 2.88. The molecule has 2 atom stereocenters. The molecule has 4 nitrogen and oxygen atoms in total. The predicted octanol–water partition coefficient (Wildman–Crippen LogP) is 2.23. The van der Waals surface area contributed by atoms with Crippen molar-refractivity contribution in [1.82, 2.24) is 5.32 Å². The van der Waals surface area contributed by atoms with Gasteiger partial charge in [0.05, 0.1) is 0 Å². The Kier molecular flexibility index (Phi) is 6.29. The molecule has 0 aromatic carbocycles. The van der Waals surface area contributed by atoms with Gasteiger partial charge in [0.15, 0.2) is 0 Å². The molecule has 1 fully saturated rings. The lowest BCUT2D eigenvalue weighted by atomic mass is 9.88. The van der Waals surface area contributed by atoms with E-state index in [1.807, 2.05) is 32.5 Å². The first-order chi connectivity index (χ1) is 8.42. The van der Waals surface area contributed by atoms with E-state index in [4.69, 9.17) is 10.5 Å². The molecule has 0 bridgehead atoms. The average Bonchev–Trinajstić information content (AvgIpc) is 2.48. The van der Waals surface area contributed by atoms with Crippen LogP contribution in [0.15, 0.2) is 0 Å². The minimum absolute atomic E-state index is 0.324. The van der Waals surface area contributed by atoms with Crippen LogP contribution in [0.4, 0.5) is 4.79 Å². The van der Waals surface area contributed by atoms with Gasteiger partial charge in [-0.25, -0.2) is 4.79 Å². The van der Waals surface area contributed by atoms with E-state index in [9.17, 15) is 4.79 Å². The molecule has 1 aliphatic heterocycles. The normalized spacial score (nSPS) is 25.3. The zero-order chi connectivity index (χ0) is 13.6. The molecule has 0 radical (unpaired) electrons. The maximum atomic E-state index is 11.6. The fourth-order valence-corrected chi connectivity index (χ4v) is 3.29. The summed E-state index contributed by atoms with van der Waals surface area (Å²) in [5.41, 5.74) is 5.38. The molecule has 1 heterocycles. The molecular formula is C13H26N2O2S. The second-order valence-electron chi connectivity index (χ2n) is 5.83. The largest absolute Gasteiger partial charge is 0.444 e. The maximum Gasteiger partial charge on any atom is 0.407 e. The topological polar surface area (TPSA) is 64.3 Å². The van der Waals surface area contributed by atoms with Gasteiger partial charge < -0.3 is 15.8 Å². The van der Waals surface area contributed by atoms with Crippen molar-refractivity contribution in [2.24, 2.45) is 17.6 Å². The first-order valence-corrected chi connectivity index (χ1v) is 7.82. The van der Waals surface area contributed by atoms with Gasteiger partial charge in [-0.3, -0.25) is 0 Å². The molecule has 0 spiro atoms. The van der Waals surface area contributed by atoms with Crippen molar-refractivity contribution < 1.29 is 9.53 Å². The Morgan fingerprint density at radius 3 is 2.50 bits per heavy atom. The summed E-state index contributed by atoms with van der Waals surface area (Å²) >= 11 is 1.98. The molecule has 1 rings (SSSR count). The van der Waals surface area contributed by atoms with Crippen molar-refractivity contribution in [3.8, 4) is 0 Å². The average molecular weight is 274 g/mol. The van der Waals surface area contributed by atoms with Crippen molar-refractivity contribution >= 4 is 17.9 Å². The highest BCUT2D eigenvalue weighted by molar-refractivity contribution is 7.99. The lowest BCUT2D eigenvalue weighted by Crippen LogP contribution is -2.38. The van der Waals surface area contributed by atoms with Crippen LogP contribution in [0.5, 0.6) is 0 Å². The number of ether oxygens (including phenoxy) is 1. The summed E-state index contributed by atoms with van der Waals surface area (Å²) in [5.74, 6) is 3.36. The number of rotatable bonds is 3. The number of hydrogen-bond donors (Lipinski definition) is 2. The Morgan fingerprint density at radius 1 is 1.33 bits per heavy atom. The lowest BCUT2D eigenvalue weighted by molar-refractivity contribution is 0.0513. The van der Waals surface area contributed by atoms with E-state index in [-0.39, 0.29) is 6.09 Å². The van der Waals surface area contributed by atoms with Gasteiger partial charge in [0.1, 0.15) is 5.60 Å². The molecule has 106 valence electrons. The minimum atomic E-state index is -0.434. The van der Waals surface area contributed by atoms with Gasteiger partial charge in [-0.15, -0.1) is 0 Å². The van der Waals surface area contributed by atoms with Crippen molar-refractivity contribution in [1.29, 1.82) is 0 Å². The van der Waals surface area contributed by atoms with E-state index in [0.717, 1.165) is 18.6 Å². The molecule has 1 saturated heterocycles. The predicted molar refractivity (Wildman–Crippen MR) is 76.8 cm³/mol. The van der Waals surface area contributed by atoms with Crippen molar-refractivity contribution in [3.05, 3.63) is 0 Å². The highest BCUT2D eigenvalue weighted by Gasteiger charge is 2.24. The number of amides is 1. The van der Waals surface area contributed by atoms with Gasteiger partial charge in [0, 0.05) is 6.54 Å². The molecule has 0 aliphatic carbocycles. The van der Waals surface area contributed by atoms with Crippen LogP contribution in [0.2, 0.25) is 0 Å². The van der Waals surface area contributed by atoms with Gasteiger partial charge in [0.2, 0.25) is 0 Å². The van der Waals surface area contributed by atoms with Crippen LogP contribution in [0.1, 0.15) is 33.6 Å². The minimum Gasteiger partial charge on any atom is -0.444 e. The van der Waals surface area contributed by atoms with Gasteiger partial charge in [0.25, 0.3) is 0 Å². The van der Waals surface area contributed by atoms with Crippen LogP contribution in [0.25, 0.3) is 0 Å². The number of nitrogens with two attached hydrogens (primary N) is 1. The number of alkyl carbamates (subject to hydrolysis) is 1. The summed E-state index contributed by atoms with van der Waals surface area (Å²) in [4.78, 5) is 11.6. The molecular weight excluding hydrogens is 248 g/mol. The van der Waals surface area contributed by atoms with Gasteiger partial charge in [-0.1, -0.05) is 0 Å². The molecule has 1 amide bonds. The second kappa shape index (κ2) is 7.24. The SMILES string of the molecule is CC(C)(C)OC(=O)NC[C@@H]1CCSCC[C@H]1CN. The summed E-state index contributed by atoms with van der Waals surface area (Å²) < 4.78 is 5.24. The van der Waals surface area contributed by atoms with Crippen LogP contribution in [0, 0.1) is 11.8 Å². The third-order valence-corrected chi connectivity index (χ3v) is 4.19. The Bertz CT molecular complexity index is 266. The smallest absolute Gasteiger partial charge is 0.407 e. The van der Waals surface area contributed by atoms with Crippen molar-refractivity contribution in [3.63, 3.8) is 0 Å². The number of hydrogen-bond acceptors (Lipinski definition) is 4. The summed E-state index contributed by atoms with van der Waals surface area (Å²) in [7, 11) is 0. The van der Waals surface area contributed by atoms with Crippen molar-refractivity contribution in [2.75, 3.05) is 24.6 Å². The number of thioether (sulfide) groups is 1. The van der Waals surface area contributed by atoms with Crippen molar-refractivity contribution in [2.45, 2.75) is 39.2 Å². The van der Waals surface area contributed by atoms with Crippen LogP contribution >= 0.6 is 11.8 Å². The van der Waals surface area contributed by atoms with Gasteiger partial charge in [-0.05, 0) is 63.5 Å². The van der Waals surface area contributed by atoms with E-state index < -0.39 is 5.60 Å². The first kappa shape index (κ1) is 15.6. The molecule has 3 N–H and O–H groups in total. The Hall–Kier alpha value is -0.420. The van der Waals surface area contributed by atoms with E-state index in [2.05, 4.69) is 5.32 Å². The fraction of sp³-hybridized carbons (Fsp3) is 0.923. The maximum absolute atomic E-state index is 11.6. The summed E-state index contributed by atoms with van der Waals surface area (Å²) in [6.45, 7) is 7.01. The highest BCUT2D eigenvalue weighted by atomic mass is 32.2. The highest BCUT2D eigenvalue weighted by Crippen LogP contribution is 2.26. The third kappa shape index (κ3) is 5.96.